The minimum Gasteiger partial charge on any atom is -0.368 e. The van der Waals surface area contributed by atoms with Gasteiger partial charge in [-0.3, -0.25) is 9.69 Å². The number of hydrogen-bond donors (Lipinski definition) is 2. The van der Waals surface area contributed by atoms with Crippen molar-refractivity contribution < 1.29 is 4.79 Å². The molecule has 3 atom stereocenters. The van der Waals surface area contributed by atoms with Crippen molar-refractivity contribution in [1.82, 2.24) is 10.2 Å². The first-order valence-corrected chi connectivity index (χ1v) is 7.85. The third-order valence-electron chi connectivity index (χ3n) is 4.96. The molecule has 3 unspecified atom stereocenters. The maximum atomic E-state index is 12.3. The van der Waals surface area contributed by atoms with Crippen LogP contribution in [0, 0.1) is 0 Å². The summed E-state index contributed by atoms with van der Waals surface area (Å²) < 4.78 is 0. The van der Waals surface area contributed by atoms with E-state index in [1.54, 1.807) is 0 Å². The minimum atomic E-state index is -0.826. The summed E-state index contributed by atoms with van der Waals surface area (Å²) in [5, 5.41) is 3.21. The molecule has 1 aromatic carbocycles. The molecule has 4 nitrogen and oxygen atoms in total. The van der Waals surface area contributed by atoms with Crippen LogP contribution in [-0.2, 0) is 10.3 Å². The summed E-state index contributed by atoms with van der Waals surface area (Å²) in [6, 6.07) is 10.8. The molecule has 0 spiro atoms. The zero-order chi connectivity index (χ0) is 15.5. The van der Waals surface area contributed by atoms with Crippen molar-refractivity contribution in [3.8, 4) is 0 Å². The first kappa shape index (κ1) is 16.0. The molecule has 1 aliphatic rings. The van der Waals surface area contributed by atoms with Gasteiger partial charge in [-0.2, -0.15) is 0 Å². The first-order valence-electron chi connectivity index (χ1n) is 7.85. The third-order valence-corrected chi connectivity index (χ3v) is 4.96. The Labute approximate surface area is 127 Å². The fraction of sp³-hybridized carbons (Fsp3) is 0.588. The van der Waals surface area contributed by atoms with Crippen LogP contribution in [0.4, 0.5) is 0 Å². The van der Waals surface area contributed by atoms with Gasteiger partial charge in [-0.15, -0.1) is 0 Å². The van der Waals surface area contributed by atoms with Gasteiger partial charge < -0.3 is 11.1 Å². The lowest BCUT2D eigenvalue weighted by Crippen LogP contribution is -2.59. The largest absolute Gasteiger partial charge is 0.368 e. The smallest absolute Gasteiger partial charge is 0.243 e. The number of primary amides is 1. The Morgan fingerprint density at radius 1 is 1.38 bits per heavy atom. The van der Waals surface area contributed by atoms with Crippen LogP contribution in [0.5, 0.6) is 0 Å². The molecule has 0 radical (unpaired) electrons. The Bertz CT molecular complexity index is 476. The van der Waals surface area contributed by atoms with Gasteiger partial charge in [-0.05, 0) is 38.8 Å². The number of nitrogens with two attached hydrogens (primary N) is 1. The standard InChI is InChI=1S/C17H27N3O/c1-4-15-11-10-13(2)20(15)12-17(19-3,16(18)21)14-8-6-5-7-9-14/h5-9,13,15,19H,4,10-12H2,1-3H3,(H2,18,21). The van der Waals surface area contributed by atoms with E-state index in [1.807, 2.05) is 37.4 Å². The highest BCUT2D eigenvalue weighted by atomic mass is 16.1. The van der Waals surface area contributed by atoms with Gasteiger partial charge in [0.15, 0.2) is 0 Å². The molecule has 1 amide bonds. The Kier molecular flexibility index (Phi) is 5.01. The van der Waals surface area contributed by atoms with Crippen molar-refractivity contribution in [3.63, 3.8) is 0 Å². The van der Waals surface area contributed by atoms with E-state index in [1.165, 1.54) is 12.8 Å². The van der Waals surface area contributed by atoms with Crippen LogP contribution in [0.25, 0.3) is 0 Å². The van der Waals surface area contributed by atoms with Gasteiger partial charge in [-0.1, -0.05) is 37.3 Å². The second-order valence-corrected chi connectivity index (χ2v) is 6.05. The number of likely N-dealkylation sites (N-methyl/N-ethyl adjacent to an activating group) is 1. The summed E-state index contributed by atoms with van der Waals surface area (Å²) in [5.41, 5.74) is 5.91. The molecular formula is C17H27N3O. The zero-order valence-corrected chi connectivity index (χ0v) is 13.3. The molecule has 21 heavy (non-hydrogen) atoms. The lowest BCUT2D eigenvalue weighted by molar-refractivity contribution is -0.125. The first-order chi connectivity index (χ1) is 10.0. The van der Waals surface area contributed by atoms with Crippen molar-refractivity contribution in [3.05, 3.63) is 35.9 Å². The SMILES string of the molecule is CCC1CCC(C)N1CC(NC)(C(N)=O)c1ccccc1. The average Bonchev–Trinajstić information content (AvgIpc) is 2.85. The van der Waals surface area contributed by atoms with Crippen molar-refractivity contribution in [2.45, 2.75) is 50.7 Å². The summed E-state index contributed by atoms with van der Waals surface area (Å²) in [6.45, 7) is 5.08. The Morgan fingerprint density at radius 3 is 2.57 bits per heavy atom. The molecule has 116 valence electrons. The number of benzene rings is 1. The van der Waals surface area contributed by atoms with Crippen LogP contribution in [0.2, 0.25) is 0 Å². The molecular weight excluding hydrogens is 262 g/mol. The van der Waals surface area contributed by atoms with E-state index in [9.17, 15) is 4.79 Å². The van der Waals surface area contributed by atoms with Crippen LogP contribution in [0.1, 0.15) is 38.7 Å². The number of likely N-dealkylation sites (tertiary alicyclic amines) is 1. The Morgan fingerprint density at radius 2 is 2.05 bits per heavy atom. The van der Waals surface area contributed by atoms with Crippen LogP contribution < -0.4 is 11.1 Å². The lowest BCUT2D eigenvalue weighted by atomic mass is 9.88. The van der Waals surface area contributed by atoms with E-state index in [0.717, 1.165) is 12.0 Å². The highest BCUT2D eigenvalue weighted by Gasteiger charge is 2.42. The fourth-order valence-electron chi connectivity index (χ4n) is 3.50. The second kappa shape index (κ2) is 6.58. The Balaban J connectivity index is 2.35. The summed E-state index contributed by atoms with van der Waals surface area (Å²) in [7, 11) is 1.82. The van der Waals surface area contributed by atoms with Crippen molar-refractivity contribution >= 4 is 5.91 Å². The number of carbonyl (C=O) groups excluding carboxylic acids is 1. The highest BCUT2D eigenvalue weighted by Crippen LogP contribution is 2.31. The molecule has 1 saturated heterocycles. The van der Waals surface area contributed by atoms with Gasteiger partial charge in [-0.25, -0.2) is 0 Å². The summed E-state index contributed by atoms with van der Waals surface area (Å²) >= 11 is 0. The van der Waals surface area contributed by atoms with Gasteiger partial charge >= 0.3 is 0 Å². The predicted molar refractivity (Wildman–Crippen MR) is 85.9 cm³/mol. The summed E-state index contributed by atoms with van der Waals surface area (Å²) in [4.78, 5) is 14.7. The predicted octanol–water partition coefficient (Wildman–Crippen LogP) is 1.85. The van der Waals surface area contributed by atoms with Crippen LogP contribution in [-0.4, -0.2) is 36.5 Å². The van der Waals surface area contributed by atoms with Gasteiger partial charge in [0.25, 0.3) is 0 Å². The van der Waals surface area contributed by atoms with E-state index in [2.05, 4.69) is 24.1 Å². The molecule has 0 bridgehead atoms. The maximum absolute atomic E-state index is 12.3. The molecule has 0 aliphatic carbocycles. The minimum absolute atomic E-state index is 0.315. The second-order valence-electron chi connectivity index (χ2n) is 6.05. The molecule has 4 heteroatoms. The van der Waals surface area contributed by atoms with E-state index in [4.69, 9.17) is 5.73 Å². The molecule has 1 fully saturated rings. The number of nitrogens with zero attached hydrogens (tertiary/aromatic N) is 1. The molecule has 1 aliphatic heterocycles. The molecule has 3 N–H and O–H groups in total. The van der Waals surface area contributed by atoms with E-state index in [0.29, 0.717) is 18.6 Å². The van der Waals surface area contributed by atoms with Crippen LogP contribution in [0.15, 0.2) is 30.3 Å². The fourth-order valence-corrected chi connectivity index (χ4v) is 3.50. The zero-order valence-electron chi connectivity index (χ0n) is 13.3. The van der Waals surface area contributed by atoms with Crippen molar-refractivity contribution in [2.24, 2.45) is 5.73 Å². The average molecular weight is 289 g/mol. The Hall–Kier alpha value is -1.39. The summed E-state index contributed by atoms with van der Waals surface area (Å²) in [5.74, 6) is -0.315. The van der Waals surface area contributed by atoms with Gasteiger partial charge in [0.05, 0.1) is 0 Å². The van der Waals surface area contributed by atoms with Crippen LogP contribution >= 0.6 is 0 Å². The van der Waals surface area contributed by atoms with Crippen molar-refractivity contribution in [2.75, 3.05) is 13.6 Å². The van der Waals surface area contributed by atoms with Crippen molar-refractivity contribution in [1.29, 1.82) is 0 Å². The van der Waals surface area contributed by atoms with Crippen LogP contribution in [0.3, 0.4) is 0 Å². The lowest BCUT2D eigenvalue weighted by Gasteiger charge is -2.39. The quantitative estimate of drug-likeness (QED) is 0.840. The van der Waals surface area contributed by atoms with Gasteiger partial charge in [0.1, 0.15) is 5.54 Å². The normalized spacial score (nSPS) is 25.7. The van der Waals surface area contributed by atoms with E-state index < -0.39 is 5.54 Å². The maximum Gasteiger partial charge on any atom is 0.243 e. The number of nitrogens with one attached hydrogen (secondary N) is 1. The molecule has 1 aromatic rings. The number of rotatable bonds is 6. The van der Waals surface area contributed by atoms with Gasteiger partial charge in [0, 0.05) is 18.6 Å². The van der Waals surface area contributed by atoms with Gasteiger partial charge in [0.2, 0.25) is 5.91 Å². The molecule has 0 aromatic heterocycles. The number of hydrogen-bond acceptors (Lipinski definition) is 3. The van der Waals surface area contributed by atoms with E-state index in [-0.39, 0.29) is 5.91 Å². The monoisotopic (exact) mass is 289 g/mol. The molecule has 1 heterocycles. The number of amides is 1. The highest BCUT2D eigenvalue weighted by molar-refractivity contribution is 5.86. The van der Waals surface area contributed by atoms with E-state index >= 15 is 0 Å². The number of carbonyl (C=O) groups is 1. The molecule has 2 rings (SSSR count). The summed E-state index contributed by atoms with van der Waals surface area (Å²) in [6.07, 6.45) is 3.49. The topological polar surface area (TPSA) is 58.4 Å². The third kappa shape index (κ3) is 2.97. The molecule has 0 saturated carbocycles.